The summed E-state index contributed by atoms with van der Waals surface area (Å²) in [7, 11) is 0. The van der Waals surface area contributed by atoms with E-state index in [1.807, 2.05) is 6.92 Å². The van der Waals surface area contributed by atoms with Gasteiger partial charge in [-0.2, -0.15) is 0 Å². The van der Waals surface area contributed by atoms with Gasteiger partial charge in [0.25, 0.3) is 0 Å². The first-order valence-electron chi connectivity index (χ1n) is 6.98. The summed E-state index contributed by atoms with van der Waals surface area (Å²) in [5.41, 5.74) is 0. The molecule has 0 spiro atoms. The number of hydrogen-bond acceptors (Lipinski definition) is 2. The highest BCUT2D eigenvalue weighted by atomic mass is 16.5. The maximum atomic E-state index is 11.4. The summed E-state index contributed by atoms with van der Waals surface area (Å²) in [5, 5.41) is 0. The molecule has 0 unspecified atom stereocenters. The molecule has 0 N–H and O–H groups in total. The van der Waals surface area contributed by atoms with Crippen LogP contribution in [0.4, 0.5) is 0 Å². The molecule has 1 fully saturated rings. The fraction of sp³-hybridized carbons (Fsp3) is 0.929. The molecule has 0 bridgehead atoms. The third-order valence-electron chi connectivity index (χ3n) is 3.32. The molecule has 0 aliphatic carbocycles. The lowest BCUT2D eigenvalue weighted by Crippen LogP contribution is -2.14. The first kappa shape index (κ1) is 13.5. The molecule has 0 aromatic carbocycles. The van der Waals surface area contributed by atoms with E-state index in [1.54, 1.807) is 0 Å². The maximum Gasteiger partial charge on any atom is 0.306 e. The maximum absolute atomic E-state index is 11.4. The van der Waals surface area contributed by atoms with Crippen molar-refractivity contribution in [3.63, 3.8) is 0 Å². The van der Waals surface area contributed by atoms with E-state index in [9.17, 15) is 4.79 Å². The molecule has 0 amide bonds. The van der Waals surface area contributed by atoms with Crippen molar-refractivity contribution in [3.05, 3.63) is 0 Å². The second-order valence-electron chi connectivity index (χ2n) is 5.02. The Labute approximate surface area is 99.8 Å². The van der Waals surface area contributed by atoms with Gasteiger partial charge in [0, 0.05) is 6.42 Å². The van der Waals surface area contributed by atoms with Crippen molar-refractivity contribution in [2.45, 2.75) is 83.7 Å². The van der Waals surface area contributed by atoms with Gasteiger partial charge in [-0.3, -0.25) is 4.79 Å². The number of cyclic esters (lactones) is 1. The second-order valence-corrected chi connectivity index (χ2v) is 5.02. The van der Waals surface area contributed by atoms with Gasteiger partial charge in [-0.15, -0.1) is 0 Å². The normalized spacial score (nSPS) is 26.8. The van der Waals surface area contributed by atoms with Gasteiger partial charge < -0.3 is 4.74 Å². The van der Waals surface area contributed by atoms with Gasteiger partial charge in [0.05, 0.1) is 6.10 Å². The highest BCUT2D eigenvalue weighted by Gasteiger charge is 2.09. The Morgan fingerprint density at radius 1 is 0.875 bits per heavy atom. The van der Waals surface area contributed by atoms with Crippen LogP contribution in [0.15, 0.2) is 0 Å². The molecule has 1 aliphatic heterocycles. The number of rotatable bonds is 0. The molecular weight excluding hydrogens is 200 g/mol. The van der Waals surface area contributed by atoms with Crippen LogP contribution in [0.1, 0.15) is 77.6 Å². The predicted molar refractivity (Wildman–Crippen MR) is 66.3 cm³/mol. The van der Waals surface area contributed by atoms with E-state index >= 15 is 0 Å². The van der Waals surface area contributed by atoms with Crippen LogP contribution in [-0.4, -0.2) is 12.1 Å². The van der Waals surface area contributed by atoms with Gasteiger partial charge in [0.15, 0.2) is 0 Å². The van der Waals surface area contributed by atoms with E-state index in [4.69, 9.17) is 4.74 Å². The van der Waals surface area contributed by atoms with E-state index in [0.29, 0.717) is 6.42 Å². The van der Waals surface area contributed by atoms with Crippen LogP contribution in [0.3, 0.4) is 0 Å². The van der Waals surface area contributed by atoms with Gasteiger partial charge in [-0.25, -0.2) is 0 Å². The molecule has 2 heteroatoms. The molecule has 1 aliphatic rings. The Hall–Kier alpha value is -0.530. The summed E-state index contributed by atoms with van der Waals surface area (Å²) < 4.78 is 5.36. The summed E-state index contributed by atoms with van der Waals surface area (Å²) in [4.78, 5) is 11.4. The SMILES string of the molecule is C[C@@H]1CCCCCCCCCCCC(=O)O1. The van der Waals surface area contributed by atoms with Gasteiger partial charge in [-0.1, -0.05) is 44.9 Å². The summed E-state index contributed by atoms with van der Waals surface area (Å²) in [6, 6.07) is 0. The Bertz CT molecular complexity index is 189. The number of carbonyl (C=O) groups excluding carboxylic acids is 1. The quantitative estimate of drug-likeness (QED) is 0.578. The lowest BCUT2D eigenvalue weighted by molar-refractivity contribution is -0.148. The standard InChI is InChI=1S/C14H26O2/c1-13-11-9-7-5-3-2-4-6-8-10-12-14(15)16-13/h13H,2-12H2,1H3/t13-/m1/s1. The first-order valence-corrected chi connectivity index (χ1v) is 6.98. The minimum absolute atomic E-state index is 0.00422. The molecule has 1 atom stereocenters. The monoisotopic (exact) mass is 226 g/mol. The number of ether oxygens (including phenoxy) is 1. The van der Waals surface area contributed by atoms with Crippen molar-refractivity contribution < 1.29 is 9.53 Å². The largest absolute Gasteiger partial charge is 0.463 e. The van der Waals surface area contributed by atoms with E-state index in [-0.39, 0.29) is 12.1 Å². The zero-order chi connectivity index (χ0) is 11.6. The van der Waals surface area contributed by atoms with E-state index < -0.39 is 0 Å². The summed E-state index contributed by atoms with van der Waals surface area (Å²) >= 11 is 0. The molecule has 1 saturated heterocycles. The Kier molecular flexibility index (Phi) is 7.28. The molecule has 94 valence electrons. The van der Waals surface area contributed by atoms with Crippen LogP contribution in [0.2, 0.25) is 0 Å². The molecule has 1 rings (SSSR count). The van der Waals surface area contributed by atoms with Gasteiger partial charge in [-0.05, 0) is 26.2 Å². The minimum atomic E-state index is 0.00422. The van der Waals surface area contributed by atoms with Crippen LogP contribution >= 0.6 is 0 Å². The van der Waals surface area contributed by atoms with E-state index in [0.717, 1.165) is 12.8 Å². The minimum Gasteiger partial charge on any atom is -0.463 e. The zero-order valence-corrected chi connectivity index (χ0v) is 10.7. The third kappa shape index (κ3) is 6.86. The molecule has 0 radical (unpaired) electrons. The highest BCUT2D eigenvalue weighted by molar-refractivity contribution is 5.69. The first-order chi connectivity index (χ1) is 7.79. The lowest BCUT2D eigenvalue weighted by atomic mass is 10.0. The third-order valence-corrected chi connectivity index (χ3v) is 3.32. The summed E-state index contributed by atoms with van der Waals surface area (Å²) in [6.45, 7) is 2.02. The molecule has 16 heavy (non-hydrogen) atoms. The van der Waals surface area contributed by atoms with Crippen molar-refractivity contribution in [2.75, 3.05) is 0 Å². The van der Waals surface area contributed by atoms with Crippen molar-refractivity contribution >= 4 is 5.97 Å². The average Bonchev–Trinajstić information content (AvgIpc) is 2.25. The topological polar surface area (TPSA) is 26.3 Å². The van der Waals surface area contributed by atoms with Crippen molar-refractivity contribution in [1.29, 1.82) is 0 Å². The molecule has 1 heterocycles. The van der Waals surface area contributed by atoms with E-state index in [1.165, 1.54) is 51.4 Å². The molecular formula is C14H26O2. The second kappa shape index (κ2) is 8.60. The van der Waals surface area contributed by atoms with Gasteiger partial charge in [0.1, 0.15) is 0 Å². The van der Waals surface area contributed by atoms with Gasteiger partial charge >= 0.3 is 5.97 Å². The molecule has 0 aromatic rings. The van der Waals surface area contributed by atoms with Crippen molar-refractivity contribution in [3.8, 4) is 0 Å². The average molecular weight is 226 g/mol. The lowest BCUT2D eigenvalue weighted by Gasteiger charge is -2.13. The Morgan fingerprint density at radius 3 is 2.00 bits per heavy atom. The molecule has 0 saturated carbocycles. The number of esters is 1. The number of carbonyl (C=O) groups is 1. The van der Waals surface area contributed by atoms with Crippen molar-refractivity contribution in [2.24, 2.45) is 0 Å². The Balaban J connectivity index is 2.23. The number of hydrogen-bond donors (Lipinski definition) is 0. The van der Waals surface area contributed by atoms with Crippen LogP contribution < -0.4 is 0 Å². The molecule has 2 nitrogen and oxygen atoms in total. The van der Waals surface area contributed by atoms with Gasteiger partial charge in [0.2, 0.25) is 0 Å². The molecule has 0 aromatic heterocycles. The van der Waals surface area contributed by atoms with Crippen LogP contribution in [0.25, 0.3) is 0 Å². The predicted octanol–water partition coefficient (Wildman–Crippen LogP) is 4.22. The van der Waals surface area contributed by atoms with Crippen LogP contribution in [0.5, 0.6) is 0 Å². The summed E-state index contributed by atoms with van der Waals surface area (Å²) in [6.07, 6.45) is 13.2. The summed E-state index contributed by atoms with van der Waals surface area (Å²) in [5.74, 6) is 0.00422. The fourth-order valence-electron chi connectivity index (χ4n) is 2.28. The zero-order valence-electron chi connectivity index (χ0n) is 10.7. The van der Waals surface area contributed by atoms with Crippen LogP contribution in [-0.2, 0) is 9.53 Å². The Morgan fingerprint density at radius 2 is 1.38 bits per heavy atom. The van der Waals surface area contributed by atoms with E-state index in [2.05, 4.69) is 0 Å². The highest BCUT2D eigenvalue weighted by Crippen LogP contribution is 2.14. The smallest absolute Gasteiger partial charge is 0.306 e. The van der Waals surface area contributed by atoms with Crippen molar-refractivity contribution in [1.82, 2.24) is 0 Å². The van der Waals surface area contributed by atoms with Crippen LogP contribution in [0, 0.1) is 0 Å². The fourth-order valence-corrected chi connectivity index (χ4v) is 2.28.